The number of ether oxygens (including phenoxy) is 1. The van der Waals surface area contributed by atoms with Crippen LogP contribution in [0.2, 0.25) is 0 Å². The van der Waals surface area contributed by atoms with Crippen molar-refractivity contribution < 1.29 is 9.53 Å². The zero-order valence-corrected chi connectivity index (χ0v) is 12.0. The monoisotopic (exact) mass is 280 g/mol. The molecule has 4 heteroatoms. The highest BCUT2D eigenvalue weighted by molar-refractivity contribution is 5.88. The van der Waals surface area contributed by atoms with Gasteiger partial charge in [-0.1, -0.05) is 30.3 Å². The summed E-state index contributed by atoms with van der Waals surface area (Å²) in [7, 11) is 1.38. The first kappa shape index (κ1) is 13.4. The second-order valence-corrected chi connectivity index (χ2v) is 4.97. The SMILES string of the molecule is COC(=O)c1cccc2nc(Cc3ccccc3C)cn12. The van der Waals surface area contributed by atoms with Crippen molar-refractivity contribution in [2.24, 2.45) is 0 Å². The molecular formula is C17H16N2O2. The van der Waals surface area contributed by atoms with Crippen LogP contribution in [0.4, 0.5) is 0 Å². The van der Waals surface area contributed by atoms with Crippen LogP contribution in [0.3, 0.4) is 0 Å². The van der Waals surface area contributed by atoms with Crippen molar-refractivity contribution >= 4 is 11.6 Å². The molecule has 0 spiro atoms. The van der Waals surface area contributed by atoms with Crippen LogP contribution < -0.4 is 0 Å². The normalized spacial score (nSPS) is 10.8. The van der Waals surface area contributed by atoms with Gasteiger partial charge in [-0.05, 0) is 30.2 Å². The largest absolute Gasteiger partial charge is 0.464 e. The number of aryl methyl sites for hydroxylation is 1. The number of hydrogen-bond donors (Lipinski definition) is 0. The Morgan fingerprint density at radius 2 is 2.00 bits per heavy atom. The topological polar surface area (TPSA) is 43.6 Å². The molecule has 2 aromatic heterocycles. The van der Waals surface area contributed by atoms with Gasteiger partial charge in [-0.15, -0.1) is 0 Å². The lowest BCUT2D eigenvalue weighted by Crippen LogP contribution is -2.06. The molecule has 4 nitrogen and oxygen atoms in total. The lowest BCUT2D eigenvalue weighted by molar-refractivity contribution is 0.0592. The van der Waals surface area contributed by atoms with Gasteiger partial charge in [-0.2, -0.15) is 0 Å². The van der Waals surface area contributed by atoms with Crippen LogP contribution in [0.25, 0.3) is 5.65 Å². The minimum Gasteiger partial charge on any atom is -0.464 e. The lowest BCUT2D eigenvalue weighted by Gasteiger charge is -2.02. The molecule has 0 bridgehead atoms. The summed E-state index contributed by atoms with van der Waals surface area (Å²) < 4.78 is 6.58. The van der Waals surface area contributed by atoms with Crippen LogP contribution in [-0.4, -0.2) is 22.5 Å². The number of carbonyl (C=O) groups excluding carboxylic acids is 1. The summed E-state index contributed by atoms with van der Waals surface area (Å²) in [6.07, 6.45) is 2.64. The summed E-state index contributed by atoms with van der Waals surface area (Å²) in [6, 6.07) is 13.7. The molecule has 0 aliphatic rings. The van der Waals surface area contributed by atoms with Gasteiger partial charge in [0.15, 0.2) is 0 Å². The van der Waals surface area contributed by atoms with Crippen LogP contribution in [0, 0.1) is 6.92 Å². The molecule has 3 rings (SSSR count). The van der Waals surface area contributed by atoms with E-state index in [9.17, 15) is 4.79 Å². The molecule has 0 unspecified atom stereocenters. The summed E-state index contributed by atoms with van der Waals surface area (Å²) in [6.45, 7) is 2.09. The third-order valence-electron chi connectivity index (χ3n) is 3.57. The number of aromatic nitrogens is 2. The van der Waals surface area contributed by atoms with Gasteiger partial charge in [0.25, 0.3) is 0 Å². The maximum Gasteiger partial charge on any atom is 0.355 e. The second-order valence-electron chi connectivity index (χ2n) is 4.97. The van der Waals surface area contributed by atoms with Crippen LogP contribution in [0.1, 0.15) is 27.3 Å². The fraction of sp³-hybridized carbons (Fsp3) is 0.176. The molecule has 2 heterocycles. The first-order valence-electron chi connectivity index (χ1n) is 6.79. The van der Waals surface area contributed by atoms with E-state index in [1.165, 1.54) is 18.2 Å². The predicted molar refractivity (Wildman–Crippen MR) is 80.5 cm³/mol. The van der Waals surface area contributed by atoms with Gasteiger partial charge in [0.1, 0.15) is 11.3 Å². The number of hydrogen-bond acceptors (Lipinski definition) is 3. The van der Waals surface area contributed by atoms with Crippen molar-refractivity contribution in [3.8, 4) is 0 Å². The second kappa shape index (κ2) is 5.40. The molecule has 106 valence electrons. The number of fused-ring (bicyclic) bond motifs is 1. The molecule has 0 radical (unpaired) electrons. The first-order valence-corrected chi connectivity index (χ1v) is 6.79. The molecule has 0 N–H and O–H groups in total. The van der Waals surface area contributed by atoms with E-state index >= 15 is 0 Å². The molecule has 0 aliphatic carbocycles. The maximum absolute atomic E-state index is 11.8. The first-order chi connectivity index (χ1) is 10.2. The van der Waals surface area contributed by atoms with Crippen molar-refractivity contribution in [3.63, 3.8) is 0 Å². The third kappa shape index (κ3) is 2.52. The molecule has 0 aliphatic heterocycles. The molecule has 0 atom stereocenters. The van der Waals surface area contributed by atoms with Crippen molar-refractivity contribution in [1.82, 2.24) is 9.38 Å². The van der Waals surface area contributed by atoms with Crippen LogP contribution in [0.15, 0.2) is 48.7 Å². The van der Waals surface area contributed by atoms with Crippen LogP contribution >= 0.6 is 0 Å². The highest BCUT2D eigenvalue weighted by Gasteiger charge is 2.12. The third-order valence-corrected chi connectivity index (χ3v) is 3.57. The van der Waals surface area contributed by atoms with Crippen molar-refractivity contribution in [2.75, 3.05) is 7.11 Å². The Hall–Kier alpha value is -2.62. The van der Waals surface area contributed by atoms with Crippen LogP contribution in [0.5, 0.6) is 0 Å². The summed E-state index contributed by atoms with van der Waals surface area (Å²) in [4.78, 5) is 16.4. The smallest absolute Gasteiger partial charge is 0.355 e. The maximum atomic E-state index is 11.8. The van der Waals surface area contributed by atoms with E-state index in [0.717, 1.165) is 17.8 Å². The molecule has 0 fully saturated rings. The minimum absolute atomic E-state index is 0.361. The van der Waals surface area contributed by atoms with Gasteiger partial charge < -0.3 is 4.74 Å². The number of methoxy groups -OCH3 is 1. The Morgan fingerprint density at radius 1 is 1.19 bits per heavy atom. The van der Waals surface area contributed by atoms with E-state index in [2.05, 4.69) is 24.0 Å². The Labute approximate surface area is 123 Å². The highest BCUT2D eigenvalue weighted by atomic mass is 16.5. The Morgan fingerprint density at radius 3 is 2.76 bits per heavy atom. The van der Waals surface area contributed by atoms with Gasteiger partial charge in [0.05, 0.1) is 12.8 Å². The highest BCUT2D eigenvalue weighted by Crippen LogP contribution is 2.15. The van der Waals surface area contributed by atoms with Crippen molar-refractivity contribution in [1.29, 1.82) is 0 Å². The average molecular weight is 280 g/mol. The fourth-order valence-corrected chi connectivity index (χ4v) is 2.42. The van der Waals surface area contributed by atoms with Gasteiger partial charge in [-0.25, -0.2) is 9.78 Å². The molecule has 0 saturated carbocycles. The zero-order chi connectivity index (χ0) is 14.8. The molecule has 3 aromatic rings. The number of imidazole rings is 1. The Balaban J connectivity index is 2.02. The number of pyridine rings is 1. The van der Waals surface area contributed by atoms with Crippen LogP contribution in [-0.2, 0) is 11.2 Å². The quantitative estimate of drug-likeness (QED) is 0.693. The molecule has 0 amide bonds. The summed E-state index contributed by atoms with van der Waals surface area (Å²) >= 11 is 0. The molecule has 1 aromatic carbocycles. The van der Waals surface area contributed by atoms with Gasteiger partial charge in [-0.3, -0.25) is 4.40 Å². The van der Waals surface area contributed by atoms with Crippen molar-refractivity contribution in [3.05, 3.63) is 71.2 Å². The van der Waals surface area contributed by atoms with E-state index in [-0.39, 0.29) is 5.97 Å². The average Bonchev–Trinajstić information content (AvgIpc) is 2.91. The minimum atomic E-state index is -0.361. The lowest BCUT2D eigenvalue weighted by atomic mass is 10.0. The number of esters is 1. The predicted octanol–water partition coefficient (Wildman–Crippen LogP) is 3.02. The van der Waals surface area contributed by atoms with Gasteiger partial charge >= 0.3 is 5.97 Å². The van der Waals surface area contributed by atoms with E-state index in [4.69, 9.17) is 4.74 Å². The van der Waals surface area contributed by atoms with E-state index < -0.39 is 0 Å². The van der Waals surface area contributed by atoms with Crippen molar-refractivity contribution in [2.45, 2.75) is 13.3 Å². The Kier molecular flexibility index (Phi) is 3.44. The summed E-state index contributed by atoms with van der Waals surface area (Å²) in [5.41, 5.74) is 4.64. The van der Waals surface area contributed by atoms with Gasteiger partial charge in [0, 0.05) is 12.6 Å². The number of carbonyl (C=O) groups is 1. The number of nitrogens with zero attached hydrogens (tertiary/aromatic N) is 2. The van der Waals surface area contributed by atoms with E-state index in [1.54, 1.807) is 10.5 Å². The summed E-state index contributed by atoms with van der Waals surface area (Å²) in [5, 5.41) is 0. The Bertz CT molecular complexity index is 805. The van der Waals surface area contributed by atoms with Gasteiger partial charge in [0.2, 0.25) is 0 Å². The standard InChI is InChI=1S/C17H16N2O2/c1-12-6-3-4-7-13(12)10-14-11-19-15(17(20)21-2)8-5-9-16(19)18-14/h3-9,11H,10H2,1-2H3. The summed E-state index contributed by atoms with van der Waals surface area (Å²) in [5.74, 6) is -0.361. The van der Waals surface area contributed by atoms with E-state index in [0.29, 0.717) is 5.69 Å². The fourth-order valence-electron chi connectivity index (χ4n) is 2.42. The number of rotatable bonds is 3. The zero-order valence-electron chi connectivity index (χ0n) is 12.0. The molecular weight excluding hydrogens is 264 g/mol. The molecule has 0 saturated heterocycles. The van der Waals surface area contributed by atoms with E-state index in [1.807, 2.05) is 30.5 Å². The molecule has 21 heavy (non-hydrogen) atoms. The number of benzene rings is 1.